The zero-order valence-corrected chi connectivity index (χ0v) is 9.36. The second-order valence-corrected chi connectivity index (χ2v) is 4.69. The lowest BCUT2D eigenvalue weighted by Crippen LogP contribution is -2.24. The lowest BCUT2D eigenvalue weighted by molar-refractivity contribution is 0.101. The predicted molar refractivity (Wildman–Crippen MR) is 64.9 cm³/mol. The standard InChI is InChI=1S/C14H15NO/c1-9(16)10-5-6-14-13(7-10)12-4-2-3-11(12)8-15-14/h2,4-7,11-12,15H,3,8H2,1H3. The molecular formula is C14H15NO. The molecule has 1 aromatic rings. The number of hydrogen-bond acceptors (Lipinski definition) is 2. The van der Waals surface area contributed by atoms with Gasteiger partial charge in [0.05, 0.1) is 0 Å². The third-order valence-electron chi connectivity index (χ3n) is 3.66. The van der Waals surface area contributed by atoms with Crippen LogP contribution in [-0.2, 0) is 0 Å². The highest BCUT2D eigenvalue weighted by molar-refractivity contribution is 5.94. The van der Waals surface area contributed by atoms with Gasteiger partial charge in [0.1, 0.15) is 0 Å². The second kappa shape index (κ2) is 3.48. The van der Waals surface area contributed by atoms with Gasteiger partial charge in [0.2, 0.25) is 0 Å². The number of carbonyl (C=O) groups is 1. The number of hydrogen-bond donors (Lipinski definition) is 1. The Labute approximate surface area is 95.4 Å². The SMILES string of the molecule is CC(=O)c1ccc2c(c1)C1C=CCC1CN2. The summed E-state index contributed by atoms with van der Waals surface area (Å²) in [6.07, 6.45) is 5.70. The molecule has 1 N–H and O–H groups in total. The van der Waals surface area contributed by atoms with E-state index in [0.717, 1.165) is 18.5 Å². The van der Waals surface area contributed by atoms with E-state index in [1.54, 1.807) is 6.92 Å². The fraction of sp³-hybridized carbons (Fsp3) is 0.357. The van der Waals surface area contributed by atoms with Gasteiger partial charge in [-0.3, -0.25) is 4.79 Å². The molecule has 0 fully saturated rings. The van der Waals surface area contributed by atoms with Gasteiger partial charge >= 0.3 is 0 Å². The average molecular weight is 213 g/mol. The molecule has 2 aliphatic rings. The van der Waals surface area contributed by atoms with Gasteiger partial charge in [-0.25, -0.2) is 0 Å². The lowest BCUT2D eigenvalue weighted by Gasteiger charge is -2.29. The van der Waals surface area contributed by atoms with Crippen LogP contribution in [0.1, 0.15) is 35.2 Å². The highest BCUT2D eigenvalue weighted by Crippen LogP contribution is 2.41. The third kappa shape index (κ3) is 1.37. The second-order valence-electron chi connectivity index (χ2n) is 4.69. The van der Waals surface area contributed by atoms with Crippen LogP contribution in [0.4, 0.5) is 5.69 Å². The van der Waals surface area contributed by atoms with Gasteiger partial charge in [0.25, 0.3) is 0 Å². The first-order chi connectivity index (χ1) is 7.75. The first kappa shape index (κ1) is 9.64. The Morgan fingerprint density at radius 1 is 1.44 bits per heavy atom. The number of ketones is 1. The molecule has 2 heteroatoms. The molecular weight excluding hydrogens is 198 g/mol. The Morgan fingerprint density at radius 3 is 3.12 bits per heavy atom. The van der Waals surface area contributed by atoms with E-state index < -0.39 is 0 Å². The van der Waals surface area contributed by atoms with Gasteiger partial charge in [-0.2, -0.15) is 0 Å². The van der Waals surface area contributed by atoms with Crippen LogP contribution in [0, 0.1) is 5.92 Å². The summed E-state index contributed by atoms with van der Waals surface area (Å²) in [5.74, 6) is 1.33. The maximum atomic E-state index is 11.4. The minimum atomic E-state index is 0.145. The van der Waals surface area contributed by atoms with Gasteiger partial charge < -0.3 is 5.32 Å². The van der Waals surface area contributed by atoms with Crippen LogP contribution in [0.2, 0.25) is 0 Å². The minimum Gasteiger partial charge on any atom is -0.384 e. The Bertz CT molecular complexity index is 476. The molecule has 0 saturated carbocycles. The van der Waals surface area contributed by atoms with Gasteiger partial charge in [0.15, 0.2) is 5.78 Å². The Balaban J connectivity index is 2.08. The van der Waals surface area contributed by atoms with E-state index in [0.29, 0.717) is 11.8 Å². The largest absolute Gasteiger partial charge is 0.384 e. The monoisotopic (exact) mass is 213 g/mol. The first-order valence-corrected chi connectivity index (χ1v) is 5.81. The quantitative estimate of drug-likeness (QED) is 0.574. The van der Waals surface area contributed by atoms with Gasteiger partial charge in [-0.15, -0.1) is 0 Å². The van der Waals surface area contributed by atoms with Crippen LogP contribution >= 0.6 is 0 Å². The van der Waals surface area contributed by atoms with Crippen molar-refractivity contribution < 1.29 is 4.79 Å². The molecule has 2 nitrogen and oxygen atoms in total. The van der Waals surface area contributed by atoms with Gasteiger partial charge in [-0.1, -0.05) is 12.2 Å². The molecule has 2 atom stereocenters. The number of Topliss-reactive ketones (excluding diaryl/α,β-unsaturated/α-hetero) is 1. The van der Waals surface area contributed by atoms with E-state index in [4.69, 9.17) is 0 Å². The molecule has 0 radical (unpaired) electrons. The lowest BCUT2D eigenvalue weighted by atomic mass is 9.83. The number of benzene rings is 1. The number of anilines is 1. The maximum absolute atomic E-state index is 11.4. The first-order valence-electron chi connectivity index (χ1n) is 5.81. The Hall–Kier alpha value is -1.57. The number of allylic oxidation sites excluding steroid dienone is 2. The van der Waals surface area contributed by atoms with Crippen LogP contribution in [0.15, 0.2) is 30.4 Å². The maximum Gasteiger partial charge on any atom is 0.159 e. The fourth-order valence-electron chi connectivity index (χ4n) is 2.73. The van der Waals surface area contributed by atoms with E-state index in [2.05, 4.69) is 23.5 Å². The molecule has 0 aromatic heterocycles. The Morgan fingerprint density at radius 2 is 2.31 bits per heavy atom. The van der Waals surface area contributed by atoms with Crippen LogP contribution in [0.25, 0.3) is 0 Å². The van der Waals surface area contributed by atoms with E-state index >= 15 is 0 Å². The van der Waals surface area contributed by atoms with Crippen molar-refractivity contribution in [2.24, 2.45) is 5.92 Å². The summed E-state index contributed by atoms with van der Waals surface area (Å²) in [5.41, 5.74) is 3.30. The molecule has 0 amide bonds. The molecule has 2 unspecified atom stereocenters. The van der Waals surface area contributed by atoms with Gasteiger partial charge in [0, 0.05) is 23.7 Å². The molecule has 1 heterocycles. The number of rotatable bonds is 1. The highest BCUT2D eigenvalue weighted by Gasteiger charge is 2.30. The van der Waals surface area contributed by atoms with Gasteiger partial charge in [-0.05, 0) is 43.0 Å². The van der Waals surface area contributed by atoms with Crippen molar-refractivity contribution in [1.82, 2.24) is 0 Å². The molecule has 82 valence electrons. The molecule has 0 bridgehead atoms. The molecule has 1 aliphatic heterocycles. The molecule has 0 saturated heterocycles. The van der Waals surface area contributed by atoms with Crippen LogP contribution in [0.5, 0.6) is 0 Å². The van der Waals surface area contributed by atoms with Crippen molar-refractivity contribution in [3.63, 3.8) is 0 Å². The van der Waals surface area contributed by atoms with Crippen molar-refractivity contribution in [1.29, 1.82) is 0 Å². The zero-order valence-electron chi connectivity index (χ0n) is 9.36. The zero-order chi connectivity index (χ0) is 11.1. The number of nitrogens with one attached hydrogen (secondary N) is 1. The van der Waals surface area contributed by atoms with Crippen molar-refractivity contribution >= 4 is 11.5 Å². The van der Waals surface area contributed by atoms with E-state index in [1.165, 1.54) is 11.3 Å². The van der Waals surface area contributed by atoms with E-state index in [-0.39, 0.29) is 5.78 Å². The van der Waals surface area contributed by atoms with Crippen molar-refractivity contribution in [2.45, 2.75) is 19.3 Å². The van der Waals surface area contributed by atoms with E-state index in [1.807, 2.05) is 12.1 Å². The average Bonchev–Trinajstić information content (AvgIpc) is 2.76. The molecule has 3 rings (SSSR count). The smallest absolute Gasteiger partial charge is 0.159 e. The van der Waals surface area contributed by atoms with Crippen molar-refractivity contribution in [3.05, 3.63) is 41.5 Å². The van der Waals surface area contributed by atoms with E-state index in [9.17, 15) is 4.79 Å². The highest BCUT2D eigenvalue weighted by atomic mass is 16.1. The molecule has 1 aromatic carbocycles. The summed E-state index contributed by atoms with van der Waals surface area (Å²) in [6, 6.07) is 6.00. The third-order valence-corrected chi connectivity index (χ3v) is 3.66. The summed E-state index contributed by atoms with van der Waals surface area (Å²) in [7, 11) is 0. The Kier molecular flexibility index (Phi) is 2.10. The molecule has 0 spiro atoms. The summed E-state index contributed by atoms with van der Waals surface area (Å²) in [6.45, 7) is 2.67. The molecule has 16 heavy (non-hydrogen) atoms. The molecule has 1 aliphatic carbocycles. The van der Waals surface area contributed by atoms with Crippen molar-refractivity contribution in [2.75, 3.05) is 11.9 Å². The number of carbonyl (C=O) groups excluding carboxylic acids is 1. The summed E-state index contributed by atoms with van der Waals surface area (Å²) >= 11 is 0. The van der Waals surface area contributed by atoms with Crippen molar-refractivity contribution in [3.8, 4) is 0 Å². The summed E-state index contributed by atoms with van der Waals surface area (Å²) < 4.78 is 0. The fourth-order valence-corrected chi connectivity index (χ4v) is 2.73. The van der Waals surface area contributed by atoms with Crippen LogP contribution < -0.4 is 5.32 Å². The summed E-state index contributed by atoms with van der Waals surface area (Å²) in [5, 5.41) is 3.45. The topological polar surface area (TPSA) is 29.1 Å². The normalized spacial score (nSPS) is 25.8. The summed E-state index contributed by atoms with van der Waals surface area (Å²) in [4.78, 5) is 11.4. The minimum absolute atomic E-state index is 0.145. The van der Waals surface area contributed by atoms with Crippen LogP contribution in [-0.4, -0.2) is 12.3 Å². The predicted octanol–water partition coefficient (Wildman–Crippen LogP) is 2.97. The van der Waals surface area contributed by atoms with Crippen LogP contribution in [0.3, 0.4) is 0 Å². The number of fused-ring (bicyclic) bond motifs is 3.